The normalized spacial score (nSPS) is 9.77. The molecule has 0 heterocycles. The van der Waals surface area contributed by atoms with Gasteiger partial charge in [0.1, 0.15) is 5.75 Å². The van der Waals surface area contributed by atoms with Crippen molar-refractivity contribution in [3.8, 4) is 5.75 Å². The van der Waals surface area contributed by atoms with Crippen LogP contribution in [-0.4, -0.2) is 5.97 Å². The number of halogens is 1. The Labute approximate surface area is 85.0 Å². The first-order valence-corrected chi connectivity index (χ1v) is 4.59. The first-order chi connectivity index (χ1) is 6.13. The van der Waals surface area contributed by atoms with E-state index in [9.17, 15) is 4.79 Å². The van der Waals surface area contributed by atoms with Crippen molar-refractivity contribution in [1.29, 1.82) is 0 Å². The minimum Gasteiger partial charge on any atom is -0.426 e. The average molecular weight is 244 g/mol. The van der Waals surface area contributed by atoms with Crippen molar-refractivity contribution >= 4 is 21.9 Å². The van der Waals surface area contributed by atoms with Crippen LogP contribution in [0.4, 0.5) is 0 Å². The van der Waals surface area contributed by atoms with Crippen molar-refractivity contribution in [1.82, 2.24) is 0 Å². The van der Waals surface area contributed by atoms with Crippen LogP contribution in [0.5, 0.6) is 5.75 Å². The Morgan fingerprint density at radius 2 is 2.31 bits per heavy atom. The predicted octanol–water partition coefficient (Wildman–Crippen LogP) is 1.83. The molecule has 0 amide bonds. The summed E-state index contributed by atoms with van der Waals surface area (Å²) in [4.78, 5) is 10.7. The molecule has 0 radical (unpaired) electrons. The maximum atomic E-state index is 10.7. The molecule has 0 atom stereocenters. The van der Waals surface area contributed by atoms with Gasteiger partial charge in [0, 0.05) is 13.5 Å². The highest BCUT2D eigenvalue weighted by atomic mass is 79.9. The van der Waals surface area contributed by atoms with Crippen LogP contribution in [0.3, 0.4) is 0 Å². The molecule has 1 rings (SSSR count). The molecular weight excluding hydrogens is 234 g/mol. The molecule has 0 aliphatic carbocycles. The summed E-state index contributed by atoms with van der Waals surface area (Å²) in [6, 6.07) is 5.42. The molecule has 1 aromatic carbocycles. The van der Waals surface area contributed by atoms with Gasteiger partial charge in [-0.05, 0) is 33.6 Å². The molecule has 2 N–H and O–H groups in total. The third-order valence-corrected chi connectivity index (χ3v) is 2.14. The van der Waals surface area contributed by atoms with E-state index in [1.54, 1.807) is 12.1 Å². The van der Waals surface area contributed by atoms with E-state index in [0.29, 0.717) is 12.3 Å². The summed E-state index contributed by atoms with van der Waals surface area (Å²) in [6.45, 7) is 1.79. The maximum Gasteiger partial charge on any atom is 0.308 e. The molecule has 3 nitrogen and oxygen atoms in total. The topological polar surface area (TPSA) is 52.3 Å². The highest BCUT2D eigenvalue weighted by Crippen LogP contribution is 2.25. The number of carbonyl (C=O) groups excluding carboxylic acids is 1. The van der Waals surface area contributed by atoms with E-state index in [4.69, 9.17) is 10.5 Å². The Morgan fingerprint density at radius 1 is 1.62 bits per heavy atom. The van der Waals surface area contributed by atoms with Gasteiger partial charge in [0.25, 0.3) is 0 Å². The molecule has 0 saturated carbocycles. The second-order valence-corrected chi connectivity index (χ2v) is 3.42. The number of benzene rings is 1. The lowest BCUT2D eigenvalue weighted by molar-refractivity contribution is -0.131. The fraction of sp³-hybridized carbons (Fsp3) is 0.222. The van der Waals surface area contributed by atoms with Gasteiger partial charge < -0.3 is 10.5 Å². The average Bonchev–Trinajstić information content (AvgIpc) is 2.08. The van der Waals surface area contributed by atoms with Crippen molar-refractivity contribution in [2.24, 2.45) is 5.73 Å². The SMILES string of the molecule is CC(=O)Oc1cc(CN)ccc1Br. The van der Waals surface area contributed by atoms with Crippen molar-refractivity contribution in [2.45, 2.75) is 13.5 Å². The zero-order chi connectivity index (χ0) is 9.84. The Balaban J connectivity index is 2.96. The maximum absolute atomic E-state index is 10.7. The summed E-state index contributed by atoms with van der Waals surface area (Å²) in [5, 5.41) is 0. The Hall–Kier alpha value is -0.870. The van der Waals surface area contributed by atoms with Crippen LogP contribution in [0.2, 0.25) is 0 Å². The number of hydrogen-bond donors (Lipinski definition) is 1. The molecule has 1 aromatic rings. The largest absolute Gasteiger partial charge is 0.426 e. The van der Waals surface area contributed by atoms with Crippen molar-refractivity contribution in [3.63, 3.8) is 0 Å². The fourth-order valence-electron chi connectivity index (χ4n) is 0.908. The number of esters is 1. The monoisotopic (exact) mass is 243 g/mol. The van der Waals surface area contributed by atoms with Gasteiger partial charge >= 0.3 is 5.97 Å². The number of rotatable bonds is 2. The molecule has 0 bridgehead atoms. The molecule has 0 saturated heterocycles. The van der Waals surface area contributed by atoms with Gasteiger partial charge in [0.2, 0.25) is 0 Å². The molecule has 0 spiro atoms. The lowest BCUT2D eigenvalue weighted by atomic mass is 10.2. The minimum atomic E-state index is -0.338. The van der Waals surface area contributed by atoms with E-state index in [-0.39, 0.29) is 5.97 Å². The Kier molecular flexibility index (Phi) is 3.45. The first-order valence-electron chi connectivity index (χ1n) is 3.80. The van der Waals surface area contributed by atoms with Crippen LogP contribution in [0.25, 0.3) is 0 Å². The van der Waals surface area contributed by atoms with Gasteiger partial charge in [-0.1, -0.05) is 6.07 Å². The molecule has 4 heteroatoms. The van der Waals surface area contributed by atoms with Gasteiger partial charge in [-0.3, -0.25) is 4.79 Å². The lowest BCUT2D eigenvalue weighted by Crippen LogP contribution is -2.03. The van der Waals surface area contributed by atoms with Gasteiger partial charge in [0.05, 0.1) is 4.47 Å². The van der Waals surface area contributed by atoms with Gasteiger partial charge in [0.15, 0.2) is 0 Å². The highest BCUT2D eigenvalue weighted by Gasteiger charge is 2.04. The van der Waals surface area contributed by atoms with Gasteiger partial charge in [-0.25, -0.2) is 0 Å². The van der Waals surface area contributed by atoms with Crippen molar-refractivity contribution < 1.29 is 9.53 Å². The van der Waals surface area contributed by atoms with Crippen molar-refractivity contribution in [2.75, 3.05) is 0 Å². The van der Waals surface area contributed by atoms with E-state index >= 15 is 0 Å². The zero-order valence-electron chi connectivity index (χ0n) is 7.21. The lowest BCUT2D eigenvalue weighted by Gasteiger charge is -2.05. The first kappa shape index (κ1) is 10.2. The molecule has 0 aliphatic heterocycles. The number of ether oxygens (including phenoxy) is 1. The molecule has 0 aromatic heterocycles. The van der Waals surface area contributed by atoms with Crippen molar-refractivity contribution in [3.05, 3.63) is 28.2 Å². The van der Waals surface area contributed by atoms with Crippen LogP contribution in [-0.2, 0) is 11.3 Å². The minimum absolute atomic E-state index is 0.338. The number of carbonyl (C=O) groups is 1. The summed E-state index contributed by atoms with van der Waals surface area (Å²) in [5.41, 5.74) is 6.37. The molecule has 13 heavy (non-hydrogen) atoms. The van der Waals surface area contributed by atoms with E-state index in [1.165, 1.54) is 6.92 Å². The molecular formula is C9H10BrNO2. The summed E-state index contributed by atoms with van der Waals surface area (Å²) < 4.78 is 5.70. The van der Waals surface area contributed by atoms with E-state index in [2.05, 4.69) is 15.9 Å². The number of hydrogen-bond acceptors (Lipinski definition) is 3. The fourth-order valence-corrected chi connectivity index (χ4v) is 1.24. The third-order valence-electron chi connectivity index (χ3n) is 1.49. The van der Waals surface area contributed by atoms with Crippen LogP contribution < -0.4 is 10.5 Å². The summed E-state index contributed by atoms with van der Waals surface area (Å²) in [7, 11) is 0. The van der Waals surface area contributed by atoms with Crippen LogP contribution in [0.15, 0.2) is 22.7 Å². The second-order valence-electron chi connectivity index (χ2n) is 2.56. The smallest absolute Gasteiger partial charge is 0.308 e. The summed E-state index contributed by atoms with van der Waals surface area (Å²) in [5.74, 6) is 0.172. The molecule has 70 valence electrons. The number of nitrogens with two attached hydrogens (primary N) is 1. The molecule has 0 aliphatic rings. The molecule has 0 unspecified atom stereocenters. The quantitative estimate of drug-likeness (QED) is 0.637. The van der Waals surface area contributed by atoms with Crippen LogP contribution >= 0.6 is 15.9 Å². The summed E-state index contributed by atoms with van der Waals surface area (Å²) in [6.07, 6.45) is 0. The van der Waals surface area contributed by atoms with Crippen LogP contribution in [0, 0.1) is 0 Å². The predicted molar refractivity (Wildman–Crippen MR) is 53.3 cm³/mol. The molecule has 0 fully saturated rings. The Morgan fingerprint density at radius 3 is 2.85 bits per heavy atom. The summed E-state index contributed by atoms with van der Waals surface area (Å²) >= 11 is 3.27. The van der Waals surface area contributed by atoms with Gasteiger partial charge in [-0.2, -0.15) is 0 Å². The van der Waals surface area contributed by atoms with Crippen LogP contribution in [0.1, 0.15) is 12.5 Å². The second kappa shape index (κ2) is 4.39. The zero-order valence-corrected chi connectivity index (χ0v) is 8.80. The van der Waals surface area contributed by atoms with E-state index in [0.717, 1.165) is 10.0 Å². The third kappa shape index (κ3) is 2.82. The Bertz CT molecular complexity index is 325. The van der Waals surface area contributed by atoms with Gasteiger partial charge in [-0.15, -0.1) is 0 Å². The highest BCUT2D eigenvalue weighted by molar-refractivity contribution is 9.10. The van der Waals surface area contributed by atoms with E-state index in [1.807, 2.05) is 6.07 Å². The standard InChI is InChI=1S/C9H10BrNO2/c1-6(12)13-9-4-7(5-11)2-3-8(9)10/h2-4H,5,11H2,1H3. The van der Waals surface area contributed by atoms with E-state index < -0.39 is 0 Å².